The van der Waals surface area contributed by atoms with E-state index in [-0.39, 0.29) is 24.4 Å². The van der Waals surface area contributed by atoms with Gasteiger partial charge in [-0.1, -0.05) is 6.07 Å². The lowest BCUT2D eigenvalue weighted by Gasteiger charge is -2.22. The maximum atomic E-state index is 12.1. The smallest absolute Gasteiger partial charge is 0.387 e. The average molecular weight is 300 g/mol. The molecule has 2 N–H and O–H groups in total. The van der Waals surface area contributed by atoms with Crippen molar-refractivity contribution in [1.29, 1.82) is 0 Å². The van der Waals surface area contributed by atoms with E-state index >= 15 is 0 Å². The van der Waals surface area contributed by atoms with Gasteiger partial charge in [-0.25, -0.2) is 0 Å². The number of alkyl halides is 2. The molecule has 0 atom stereocenters. The average Bonchev–Trinajstić information content (AvgIpc) is 2.46. The molecule has 116 valence electrons. The van der Waals surface area contributed by atoms with Gasteiger partial charge in [0.1, 0.15) is 12.4 Å². The molecule has 2 rings (SSSR count). The number of nitrogens with one attached hydrogen (secondary N) is 2. The predicted molar refractivity (Wildman–Crippen MR) is 73.5 cm³/mol. The zero-order valence-electron chi connectivity index (χ0n) is 11.5. The minimum atomic E-state index is -2.89. The Hall–Kier alpha value is -1.73. The van der Waals surface area contributed by atoms with E-state index in [1.807, 2.05) is 0 Å². The molecule has 1 aliphatic heterocycles. The third-order valence-electron chi connectivity index (χ3n) is 3.08. The van der Waals surface area contributed by atoms with Crippen molar-refractivity contribution in [1.82, 2.24) is 5.32 Å². The number of ether oxygens (including phenoxy) is 2. The summed E-state index contributed by atoms with van der Waals surface area (Å²) < 4.78 is 34.0. The molecule has 0 saturated carbocycles. The number of hydrogen-bond donors (Lipinski definition) is 2. The van der Waals surface area contributed by atoms with Crippen molar-refractivity contribution in [2.45, 2.75) is 25.6 Å². The lowest BCUT2D eigenvalue weighted by Crippen LogP contribution is -2.34. The van der Waals surface area contributed by atoms with E-state index in [4.69, 9.17) is 4.74 Å². The van der Waals surface area contributed by atoms with Crippen molar-refractivity contribution in [2.24, 2.45) is 0 Å². The standard InChI is InChI=1S/C14H18F2N2O3/c15-14(16)21-12-3-1-2-10(8-12)18-13(19)9-20-11-4-6-17-7-5-11/h1-3,8,11,14,17H,4-7,9H2,(H,18,19). The fourth-order valence-electron chi connectivity index (χ4n) is 2.10. The Morgan fingerprint density at radius 2 is 2.14 bits per heavy atom. The molecule has 0 aromatic heterocycles. The highest BCUT2D eigenvalue weighted by Gasteiger charge is 2.15. The quantitative estimate of drug-likeness (QED) is 0.843. The highest BCUT2D eigenvalue weighted by Crippen LogP contribution is 2.19. The fourth-order valence-corrected chi connectivity index (χ4v) is 2.10. The number of rotatable bonds is 6. The summed E-state index contributed by atoms with van der Waals surface area (Å²) in [5.74, 6) is -0.315. The Morgan fingerprint density at radius 3 is 2.86 bits per heavy atom. The van der Waals surface area contributed by atoms with Crippen molar-refractivity contribution < 1.29 is 23.0 Å². The number of anilines is 1. The van der Waals surface area contributed by atoms with Crippen LogP contribution in [-0.2, 0) is 9.53 Å². The Morgan fingerprint density at radius 1 is 1.38 bits per heavy atom. The second kappa shape index (κ2) is 7.90. The number of halogens is 2. The third kappa shape index (κ3) is 5.65. The number of amides is 1. The second-order valence-corrected chi connectivity index (χ2v) is 4.71. The van der Waals surface area contributed by atoms with Crippen LogP contribution in [-0.4, -0.2) is 38.3 Å². The topological polar surface area (TPSA) is 59.6 Å². The second-order valence-electron chi connectivity index (χ2n) is 4.71. The van der Waals surface area contributed by atoms with Gasteiger partial charge in [-0.2, -0.15) is 8.78 Å². The van der Waals surface area contributed by atoms with Gasteiger partial charge < -0.3 is 20.1 Å². The van der Waals surface area contributed by atoms with Crippen LogP contribution in [0, 0.1) is 0 Å². The van der Waals surface area contributed by atoms with Crippen LogP contribution in [0.25, 0.3) is 0 Å². The molecule has 5 nitrogen and oxygen atoms in total. The van der Waals surface area contributed by atoms with Gasteiger partial charge >= 0.3 is 6.61 Å². The number of hydrogen-bond acceptors (Lipinski definition) is 4. The SMILES string of the molecule is O=C(COC1CCNCC1)Nc1cccc(OC(F)F)c1. The van der Waals surface area contributed by atoms with Gasteiger partial charge in [0, 0.05) is 11.8 Å². The first kappa shape index (κ1) is 15.7. The third-order valence-corrected chi connectivity index (χ3v) is 3.08. The summed E-state index contributed by atoms with van der Waals surface area (Å²) in [5, 5.41) is 5.80. The maximum absolute atomic E-state index is 12.1. The van der Waals surface area contributed by atoms with Crippen LogP contribution >= 0.6 is 0 Å². The molecule has 1 aromatic rings. The molecule has 1 aliphatic rings. The molecule has 1 heterocycles. The van der Waals surface area contributed by atoms with Gasteiger partial charge in [0.2, 0.25) is 5.91 Å². The Balaban J connectivity index is 1.78. The Bertz CT molecular complexity index is 465. The van der Waals surface area contributed by atoms with Crippen molar-refractivity contribution >= 4 is 11.6 Å². The van der Waals surface area contributed by atoms with Crippen LogP contribution in [0.4, 0.5) is 14.5 Å². The van der Waals surface area contributed by atoms with E-state index < -0.39 is 6.61 Å². The highest BCUT2D eigenvalue weighted by molar-refractivity contribution is 5.91. The summed E-state index contributed by atoms with van der Waals surface area (Å²) in [7, 11) is 0. The number of benzene rings is 1. The molecular formula is C14H18F2N2O3. The molecule has 1 aromatic carbocycles. The van der Waals surface area contributed by atoms with E-state index in [9.17, 15) is 13.6 Å². The van der Waals surface area contributed by atoms with E-state index in [0.717, 1.165) is 25.9 Å². The zero-order chi connectivity index (χ0) is 15.1. The first-order valence-electron chi connectivity index (χ1n) is 6.80. The van der Waals surface area contributed by atoms with E-state index in [1.165, 1.54) is 18.2 Å². The Kier molecular flexibility index (Phi) is 5.89. The van der Waals surface area contributed by atoms with Crippen molar-refractivity contribution in [3.05, 3.63) is 24.3 Å². The van der Waals surface area contributed by atoms with Crippen LogP contribution in [0.15, 0.2) is 24.3 Å². The van der Waals surface area contributed by atoms with Crippen molar-refractivity contribution in [3.63, 3.8) is 0 Å². The molecule has 7 heteroatoms. The van der Waals surface area contributed by atoms with Crippen molar-refractivity contribution in [3.8, 4) is 5.75 Å². The molecule has 0 spiro atoms. The Labute approximate surface area is 121 Å². The molecule has 1 saturated heterocycles. The summed E-state index contributed by atoms with van der Waals surface area (Å²) in [5.41, 5.74) is 0.395. The molecular weight excluding hydrogens is 282 g/mol. The molecule has 0 bridgehead atoms. The lowest BCUT2D eigenvalue weighted by atomic mass is 10.1. The zero-order valence-corrected chi connectivity index (χ0v) is 11.5. The van der Waals surface area contributed by atoms with Crippen molar-refractivity contribution in [2.75, 3.05) is 25.0 Å². The minimum absolute atomic E-state index is 0.00192. The van der Waals surface area contributed by atoms with Crippen LogP contribution in [0.5, 0.6) is 5.75 Å². The molecule has 1 amide bonds. The summed E-state index contributed by atoms with van der Waals surface area (Å²) in [6, 6.07) is 5.86. The van der Waals surface area contributed by atoms with Crippen LogP contribution < -0.4 is 15.4 Å². The largest absolute Gasteiger partial charge is 0.435 e. The monoisotopic (exact) mass is 300 g/mol. The summed E-state index contributed by atoms with van der Waals surface area (Å²) in [6.07, 6.45) is 1.85. The first-order chi connectivity index (χ1) is 10.1. The number of carbonyl (C=O) groups is 1. The van der Waals surface area contributed by atoms with Gasteiger partial charge in [0.15, 0.2) is 0 Å². The molecule has 1 fully saturated rings. The first-order valence-corrected chi connectivity index (χ1v) is 6.80. The van der Waals surface area contributed by atoms with Crippen LogP contribution in [0.2, 0.25) is 0 Å². The van der Waals surface area contributed by atoms with E-state index in [1.54, 1.807) is 6.07 Å². The summed E-state index contributed by atoms with van der Waals surface area (Å²) >= 11 is 0. The molecule has 0 aliphatic carbocycles. The number of piperidine rings is 1. The minimum Gasteiger partial charge on any atom is -0.435 e. The van der Waals surface area contributed by atoms with E-state index in [0.29, 0.717) is 5.69 Å². The van der Waals surface area contributed by atoms with Gasteiger partial charge in [-0.15, -0.1) is 0 Å². The predicted octanol–water partition coefficient (Wildman–Crippen LogP) is 2.00. The van der Waals surface area contributed by atoms with Gasteiger partial charge in [-0.3, -0.25) is 4.79 Å². The van der Waals surface area contributed by atoms with Gasteiger partial charge in [0.05, 0.1) is 6.10 Å². The molecule has 21 heavy (non-hydrogen) atoms. The fraction of sp³-hybridized carbons (Fsp3) is 0.500. The maximum Gasteiger partial charge on any atom is 0.387 e. The summed E-state index contributed by atoms with van der Waals surface area (Å²) in [6.45, 7) is -1.16. The van der Waals surface area contributed by atoms with Crippen LogP contribution in [0.1, 0.15) is 12.8 Å². The molecule has 0 radical (unpaired) electrons. The normalized spacial score (nSPS) is 16.0. The molecule has 0 unspecified atom stereocenters. The highest BCUT2D eigenvalue weighted by atomic mass is 19.3. The van der Waals surface area contributed by atoms with E-state index in [2.05, 4.69) is 15.4 Å². The van der Waals surface area contributed by atoms with Gasteiger partial charge in [-0.05, 0) is 38.1 Å². The number of carbonyl (C=O) groups excluding carboxylic acids is 1. The summed E-state index contributed by atoms with van der Waals surface area (Å²) in [4.78, 5) is 11.7. The lowest BCUT2D eigenvalue weighted by molar-refractivity contribution is -0.123. The van der Waals surface area contributed by atoms with Gasteiger partial charge in [0.25, 0.3) is 0 Å². The van der Waals surface area contributed by atoms with Crippen LogP contribution in [0.3, 0.4) is 0 Å².